The van der Waals surface area contributed by atoms with E-state index in [1.807, 2.05) is 37.4 Å². The maximum Gasteiger partial charge on any atom is 0.271 e. The third-order valence-electron chi connectivity index (χ3n) is 2.87. The molecule has 7 heteroatoms. The van der Waals surface area contributed by atoms with Gasteiger partial charge < -0.3 is 5.32 Å². The first-order chi connectivity index (χ1) is 9.58. The Morgan fingerprint density at radius 1 is 1.55 bits per heavy atom. The lowest BCUT2D eigenvalue weighted by Crippen LogP contribution is -2.34. The second-order valence-corrected chi connectivity index (χ2v) is 7.82. The Morgan fingerprint density at radius 2 is 2.35 bits per heavy atom. The van der Waals surface area contributed by atoms with E-state index in [1.165, 1.54) is 11.9 Å². The van der Waals surface area contributed by atoms with Crippen molar-refractivity contribution in [3.8, 4) is 0 Å². The van der Waals surface area contributed by atoms with E-state index in [9.17, 15) is 4.79 Å². The predicted octanol–water partition coefficient (Wildman–Crippen LogP) is 2.83. The van der Waals surface area contributed by atoms with Crippen LogP contribution in [0.25, 0.3) is 0 Å². The van der Waals surface area contributed by atoms with Crippen LogP contribution in [0.3, 0.4) is 0 Å². The van der Waals surface area contributed by atoms with E-state index in [-0.39, 0.29) is 17.5 Å². The Labute approximate surface area is 132 Å². The molecule has 1 aliphatic heterocycles. The fraction of sp³-hybridized carbons (Fsp3) is 0.615. The summed E-state index contributed by atoms with van der Waals surface area (Å²) in [4.78, 5) is 20.6. The zero-order chi connectivity index (χ0) is 14.5. The smallest absolute Gasteiger partial charge is 0.271 e. The average Bonchev–Trinajstić information content (AvgIpc) is 2.46. The van der Waals surface area contributed by atoms with E-state index in [1.54, 1.807) is 0 Å². The molecule has 1 amide bonds. The Kier molecular flexibility index (Phi) is 5.99. The highest BCUT2D eigenvalue weighted by molar-refractivity contribution is 8.06. The van der Waals surface area contributed by atoms with Crippen LogP contribution in [-0.4, -0.2) is 44.9 Å². The second-order valence-electron chi connectivity index (χ2n) is 4.86. The van der Waals surface area contributed by atoms with E-state index in [0.717, 1.165) is 11.5 Å². The minimum atomic E-state index is -0.213. The van der Waals surface area contributed by atoms with Gasteiger partial charge in [-0.25, -0.2) is 9.97 Å². The third-order valence-corrected chi connectivity index (χ3v) is 5.99. The van der Waals surface area contributed by atoms with Gasteiger partial charge in [0.15, 0.2) is 0 Å². The number of halogens is 1. The van der Waals surface area contributed by atoms with Gasteiger partial charge in [0.05, 0.1) is 11.2 Å². The summed E-state index contributed by atoms with van der Waals surface area (Å²) in [5.41, 5.74) is 0.277. The highest BCUT2D eigenvalue weighted by Gasteiger charge is 2.19. The molecule has 1 aromatic rings. The van der Waals surface area contributed by atoms with Crippen molar-refractivity contribution in [2.75, 3.05) is 23.8 Å². The molecule has 2 heterocycles. The van der Waals surface area contributed by atoms with Gasteiger partial charge in [-0.05, 0) is 0 Å². The van der Waals surface area contributed by atoms with Gasteiger partial charge in [0.25, 0.3) is 5.91 Å². The van der Waals surface area contributed by atoms with Crippen LogP contribution in [0.1, 0.15) is 36.1 Å². The number of nitrogens with zero attached hydrogens (tertiary/aromatic N) is 2. The molecule has 1 aromatic heterocycles. The summed E-state index contributed by atoms with van der Waals surface area (Å²) in [5.74, 6) is 4.03. The summed E-state index contributed by atoms with van der Waals surface area (Å²) in [6.45, 7) is 4.63. The molecule has 0 aliphatic carbocycles. The molecule has 0 bridgehead atoms. The summed E-state index contributed by atoms with van der Waals surface area (Å²) in [5, 5.41) is 3.71. The normalized spacial score (nSPS) is 19.1. The number of rotatable bonds is 4. The van der Waals surface area contributed by atoms with Crippen molar-refractivity contribution >= 4 is 41.0 Å². The zero-order valence-corrected chi connectivity index (χ0v) is 13.9. The highest BCUT2D eigenvalue weighted by atomic mass is 35.5. The highest BCUT2D eigenvalue weighted by Crippen LogP contribution is 2.23. The molecule has 1 N–H and O–H groups in total. The Bertz CT molecular complexity index is 479. The van der Waals surface area contributed by atoms with Crippen LogP contribution in [0.4, 0.5) is 0 Å². The fourth-order valence-corrected chi connectivity index (χ4v) is 4.55. The molecule has 0 spiro atoms. The molecule has 1 saturated heterocycles. The van der Waals surface area contributed by atoms with Crippen LogP contribution in [-0.2, 0) is 0 Å². The molecule has 1 unspecified atom stereocenters. The number of carbonyl (C=O) groups is 1. The average molecular weight is 332 g/mol. The Balaban J connectivity index is 1.99. The zero-order valence-electron chi connectivity index (χ0n) is 11.6. The molecule has 1 aliphatic rings. The van der Waals surface area contributed by atoms with Crippen molar-refractivity contribution in [2.24, 2.45) is 0 Å². The van der Waals surface area contributed by atoms with Gasteiger partial charge in [-0.2, -0.15) is 23.5 Å². The number of amides is 1. The molecule has 2 rings (SSSR count). The van der Waals surface area contributed by atoms with Crippen molar-refractivity contribution in [1.29, 1.82) is 0 Å². The molecule has 0 radical (unpaired) electrons. The first kappa shape index (κ1) is 15.9. The Morgan fingerprint density at radius 3 is 3.00 bits per heavy atom. The summed E-state index contributed by atoms with van der Waals surface area (Å²) < 4.78 is 0. The van der Waals surface area contributed by atoms with Crippen LogP contribution in [0.15, 0.2) is 6.20 Å². The third kappa shape index (κ3) is 4.27. The maximum atomic E-state index is 12.2. The van der Waals surface area contributed by atoms with Crippen LogP contribution in [0.2, 0.25) is 5.02 Å². The fourth-order valence-electron chi connectivity index (χ4n) is 1.76. The largest absolute Gasteiger partial charge is 0.350 e. The first-order valence-corrected chi connectivity index (χ1v) is 9.16. The lowest BCUT2D eigenvalue weighted by molar-refractivity contribution is 0.0949. The van der Waals surface area contributed by atoms with E-state index in [4.69, 9.17) is 11.6 Å². The second kappa shape index (κ2) is 7.52. The van der Waals surface area contributed by atoms with Crippen molar-refractivity contribution in [3.63, 3.8) is 0 Å². The van der Waals surface area contributed by atoms with Gasteiger partial charge in [0, 0.05) is 35.0 Å². The van der Waals surface area contributed by atoms with E-state index in [2.05, 4.69) is 15.3 Å². The van der Waals surface area contributed by atoms with E-state index < -0.39 is 0 Å². The van der Waals surface area contributed by atoms with Gasteiger partial charge >= 0.3 is 0 Å². The standard InChI is InChI=1S/C13H18ClN3OS2/c1-8(2)12-15-6-10(14)11(17-12)13(18)16-5-9-7-19-3-4-20-9/h6,8-9H,3-5,7H2,1-2H3,(H,16,18). The Hall–Kier alpha value is -0.460. The van der Waals surface area contributed by atoms with Gasteiger partial charge in [-0.1, -0.05) is 25.4 Å². The summed E-state index contributed by atoms with van der Waals surface area (Å²) in [6, 6.07) is 0. The van der Waals surface area contributed by atoms with E-state index in [0.29, 0.717) is 22.6 Å². The number of nitrogens with one attached hydrogen (secondary N) is 1. The molecule has 20 heavy (non-hydrogen) atoms. The van der Waals surface area contributed by atoms with Crippen molar-refractivity contribution in [1.82, 2.24) is 15.3 Å². The minimum absolute atomic E-state index is 0.170. The molecule has 110 valence electrons. The quantitative estimate of drug-likeness (QED) is 0.919. The SMILES string of the molecule is CC(C)c1ncc(Cl)c(C(=O)NCC2CSCCS2)n1. The summed E-state index contributed by atoms with van der Waals surface area (Å²) >= 11 is 9.87. The number of hydrogen-bond acceptors (Lipinski definition) is 5. The first-order valence-electron chi connectivity index (χ1n) is 6.58. The number of hydrogen-bond donors (Lipinski definition) is 1. The monoisotopic (exact) mass is 331 g/mol. The van der Waals surface area contributed by atoms with Crippen molar-refractivity contribution in [2.45, 2.75) is 25.0 Å². The van der Waals surface area contributed by atoms with Gasteiger partial charge in [0.2, 0.25) is 0 Å². The number of thioether (sulfide) groups is 2. The lowest BCUT2D eigenvalue weighted by atomic mass is 10.2. The molecule has 1 atom stereocenters. The van der Waals surface area contributed by atoms with Gasteiger partial charge in [0.1, 0.15) is 11.5 Å². The van der Waals surface area contributed by atoms with Crippen molar-refractivity contribution in [3.05, 3.63) is 22.7 Å². The molecule has 4 nitrogen and oxygen atoms in total. The molecule has 1 fully saturated rings. The van der Waals surface area contributed by atoms with Crippen LogP contribution in [0, 0.1) is 0 Å². The molecular weight excluding hydrogens is 314 g/mol. The minimum Gasteiger partial charge on any atom is -0.350 e. The topological polar surface area (TPSA) is 54.9 Å². The van der Waals surface area contributed by atoms with Crippen LogP contribution >= 0.6 is 35.1 Å². The van der Waals surface area contributed by atoms with Crippen molar-refractivity contribution < 1.29 is 4.79 Å². The molecular formula is C13H18ClN3OS2. The number of aromatic nitrogens is 2. The van der Waals surface area contributed by atoms with Crippen LogP contribution in [0.5, 0.6) is 0 Å². The number of carbonyl (C=O) groups excluding carboxylic acids is 1. The predicted molar refractivity (Wildman–Crippen MR) is 87.0 cm³/mol. The molecule has 0 aromatic carbocycles. The molecule has 0 saturated carbocycles. The van der Waals surface area contributed by atoms with E-state index >= 15 is 0 Å². The van der Waals surface area contributed by atoms with Gasteiger partial charge in [-0.15, -0.1) is 0 Å². The van der Waals surface area contributed by atoms with Gasteiger partial charge in [-0.3, -0.25) is 4.79 Å². The lowest BCUT2D eigenvalue weighted by Gasteiger charge is -2.21. The summed E-state index contributed by atoms with van der Waals surface area (Å²) in [6.07, 6.45) is 1.50. The maximum absolute atomic E-state index is 12.2. The van der Waals surface area contributed by atoms with Crippen LogP contribution < -0.4 is 5.32 Å². The summed E-state index contributed by atoms with van der Waals surface area (Å²) in [7, 11) is 0.